The number of nitrogens with one attached hydrogen (secondary N) is 1. The van der Waals surface area contributed by atoms with Crippen molar-refractivity contribution in [3.63, 3.8) is 0 Å². The second-order valence-electron chi connectivity index (χ2n) is 5.03. The molecule has 23 heavy (non-hydrogen) atoms. The summed E-state index contributed by atoms with van der Waals surface area (Å²) in [7, 11) is 0. The van der Waals surface area contributed by atoms with Gasteiger partial charge >= 0.3 is 5.97 Å². The van der Waals surface area contributed by atoms with Gasteiger partial charge in [-0.2, -0.15) is 0 Å². The van der Waals surface area contributed by atoms with E-state index in [0.29, 0.717) is 9.70 Å². The Bertz CT molecular complexity index is 788. The molecule has 2 aromatic rings. The van der Waals surface area contributed by atoms with Gasteiger partial charge in [0.2, 0.25) is 6.29 Å². The van der Waals surface area contributed by atoms with E-state index in [1.54, 1.807) is 18.2 Å². The SMILES string of the molecule is O=C(O)C1OC(Oc2ccc3[nH]c(=S)sc3c2)C(O)C(O)C1O. The lowest BCUT2D eigenvalue weighted by molar-refractivity contribution is -0.271. The maximum atomic E-state index is 11.0. The highest BCUT2D eigenvalue weighted by atomic mass is 32.1. The van der Waals surface area contributed by atoms with Gasteiger partial charge in [0, 0.05) is 0 Å². The third-order valence-corrected chi connectivity index (χ3v) is 4.65. The second-order valence-corrected chi connectivity index (χ2v) is 6.74. The molecule has 5 N–H and O–H groups in total. The zero-order valence-electron chi connectivity index (χ0n) is 11.4. The molecule has 1 aliphatic rings. The molecule has 0 bridgehead atoms. The average Bonchev–Trinajstić information content (AvgIpc) is 2.86. The molecule has 1 aliphatic heterocycles. The highest BCUT2D eigenvalue weighted by molar-refractivity contribution is 7.73. The number of rotatable bonds is 3. The van der Waals surface area contributed by atoms with Crippen molar-refractivity contribution >= 4 is 39.7 Å². The predicted molar refractivity (Wildman–Crippen MR) is 82.0 cm³/mol. The molecule has 0 spiro atoms. The molecule has 1 aromatic carbocycles. The summed E-state index contributed by atoms with van der Waals surface area (Å²) < 4.78 is 11.9. The zero-order valence-corrected chi connectivity index (χ0v) is 13.1. The summed E-state index contributed by atoms with van der Waals surface area (Å²) in [4.78, 5) is 14.0. The van der Waals surface area contributed by atoms with Crippen molar-refractivity contribution < 1.29 is 34.7 Å². The van der Waals surface area contributed by atoms with E-state index in [4.69, 9.17) is 26.8 Å². The van der Waals surface area contributed by atoms with Crippen molar-refractivity contribution in [3.05, 3.63) is 22.2 Å². The monoisotopic (exact) mass is 359 g/mol. The van der Waals surface area contributed by atoms with Crippen LogP contribution in [-0.2, 0) is 9.53 Å². The molecule has 10 heteroatoms. The van der Waals surface area contributed by atoms with Crippen LogP contribution in [0.5, 0.6) is 5.75 Å². The summed E-state index contributed by atoms with van der Waals surface area (Å²) in [6.45, 7) is 0. The number of carboxylic acid groups (broad SMARTS) is 1. The average molecular weight is 359 g/mol. The van der Waals surface area contributed by atoms with E-state index < -0.39 is 36.7 Å². The Morgan fingerprint density at radius 2 is 2.00 bits per heavy atom. The van der Waals surface area contributed by atoms with Crippen LogP contribution in [0.1, 0.15) is 0 Å². The van der Waals surface area contributed by atoms with Crippen molar-refractivity contribution in [2.45, 2.75) is 30.7 Å². The standard InChI is InChI=1S/C13H13NO7S2/c15-7-8(16)10(11(18)19)21-12(9(7)17)20-4-1-2-5-6(3-4)23-13(22)14-5/h1-3,7-10,12,15-17H,(H,14,22)(H,18,19). The van der Waals surface area contributed by atoms with Crippen molar-refractivity contribution in [2.24, 2.45) is 0 Å². The van der Waals surface area contributed by atoms with Gasteiger partial charge in [-0.05, 0) is 30.4 Å². The topological polar surface area (TPSA) is 132 Å². The molecule has 5 unspecified atom stereocenters. The molecule has 1 saturated heterocycles. The van der Waals surface area contributed by atoms with Gasteiger partial charge in [0.15, 0.2) is 10.1 Å². The highest BCUT2D eigenvalue weighted by Gasteiger charge is 2.48. The number of H-pyrrole nitrogens is 1. The minimum absolute atomic E-state index is 0.305. The minimum atomic E-state index is -1.75. The van der Waals surface area contributed by atoms with Gasteiger partial charge in [-0.3, -0.25) is 0 Å². The van der Waals surface area contributed by atoms with E-state index in [1.165, 1.54) is 11.3 Å². The second kappa shape index (κ2) is 6.15. The number of aromatic amines is 1. The highest BCUT2D eigenvalue weighted by Crippen LogP contribution is 2.28. The first kappa shape index (κ1) is 16.3. The number of aliphatic carboxylic acids is 1. The van der Waals surface area contributed by atoms with E-state index in [2.05, 4.69) is 4.98 Å². The molecular weight excluding hydrogens is 346 g/mol. The van der Waals surface area contributed by atoms with Crippen molar-refractivity contribution in [2.75, 3.05) is 0 Å². The van der Waals surface area contributed by atoms with Crippen molar-refractivity contribution in [1.29, 1.82) is 0 Å². The molecule has 5 atom stereocenters. The summed E-state index contributed by atoms with van der Waals surface area (Å²) in [5, 5.41) is 38.3. The largest absolute Gasteiger partial charge is 0.479 e. The number of ether oxygens (including phenoxy) is 2. The molecule has 0 saturated carbocycles. The van der Waals surface area contributed by atoms with E-state index in [1.807, 2.05) is 0 Å². The third-order valence-electron chi connectivity index (χ3n) is 3.46. The molecule has 124 valence electrons. The quantitative estimate of drug-likeness (QED) is 0.492. The number of carboxylic acids is 1. The molecule has 1 aromatic heterocycles. The Morgan fingerprint density at radius 3 is 2.70 bits per heavy atom. The maximum absolute atomic E-state index is 11.0. The molecule has 3 rings (SSSR count). The van der Waals surface area contributed by atoms with Crippen LogP contribution < -0.4 is 4.74 Å². The van der Waals surface area contributed by atoms with Crippen molar-refractivity contribution in [1.82, 2.24) is 4.98 Å². The van der Waals surface area contributed by atoms with E-state index >= 15 is 0 Å². The Labute approximate surface area is 138 Å². The molecule has 0 radical (unpaired) electrons. The Balaban J connectivity index is 1.84. The predicted octanol–water partition coefficient (Wildman–Crippen LogP) is 0.230. The van der Waals surface area contributed by atoms with E-state index in [9.17, 15) is 20.1 Å². The molecule has 0 amide bonds. The van der Waals surface area contributed by atoms with Crippen LogP contribution in [0.25, 0.3) is 10.2 Å². The fourth-order valence-corrected chi connectivity index (χ4v) is 3.43. The van der Waals surface area contributed by atoms with Gasteiger partial charge < -0.3 is 34.9 Å². The van der Waals surface area contributed by atoms with Gasteiger partial charge in [0.25, 0.3) is 0 Å². The molecular formula is C13H13NO7S2. The Kier molecular flexibility index (Phi) is 4.36. The van der Waals surface area contributed by atoms with Crippen LogP contribution in [0.4, 0.5) is 0 Å². The van der Waals surface area contributed by atoms with Crippen LogP contribution in [0.3, 0.4) is 0 Å². The van der Waals surface area contributed by atoms with Crippen LogP contribution in [0, 0.1) is 3.95 Å². The maximum Gasteiger partial charge on any atom is 0.335 e. The van der Waals surface area contributed by atoms with Crippen LogP contribution in [0.2, 0.25) is 0 Å². The van der Waals surface area contributed by atoms with E-state index in [-0.39, 0.29) is 0 Å². The number of hydrogen-bond donors (Lipinski definition) is 5. The van der Waals surface area contributed by atoms with E-state index in [0.717, 1.165) is 10.2 Å². The summed E-state index contributed by atoms with van der Waals surface area (Å²) in [5.41, 5.74) is 0.816. The number of aliphatic hydroxyl groups excluding tert-OH is 3. The van der Waals surface area contributed by atoms with Gasteiger partial charge in [0.05, 0.1) is 10.2 Å². The molecule has 0 aliphatic carbocycles. The number of fused-ring (bicyclic) bond motifs is 1. The van der Waals surface area contributed by atoms with Gasteiger partial charge in [0.1, 0.15) is 24.1 Å². The lowest BCUT2D eigenvalue weighted by Crippen LogP contribution is -2.61. The first-order chi connectivity index (χ1) is 10.9. The molecule has 1 fully saturated rings. The first-order valence-corrected chi connectivity index (χ1v) is 7.81. The van der Waals surface area contributed by atoms with Crippen LogP contribution >= 0.6 is 23.6 Å². The fraction of sp³-hybridized carbons (Fsp3) is 0.385. The first-order valence-electron chi connectivity index (χ1n) is 6.59. The number of carbonyl (C=O) groups is 1. The number of aliphatic hydroxyl groups is 3. The van der Waals surface area contributed by atoms with Crippen LogP contribution in [-0.4, -0.2) is 62.1 Å². The molecule has 2 heterocycles. The minimum Gasteiger partial charge on any atom is -0.479 e. The van der Waals surface area contributed by atoms with Crippen molar-refractivity contribution in [3.8, 4) is 5.75 Å². The van der Waals surface area contributed by atoms with Gasteiger partial charge in [-0.25, -0.2) is 4.79 Å². The third kappa shape index (κ3) is 3.09. The smallest absolute Gasteiger partial charge is 0.335 e. The summed E-state index contributed by atoms with van der Waals surface area (Å²) in [6.07, 6.45) is -8.18. The number of benzene rings is 1. The number of hydrogen-bond acceptors (Lipinski definition) is 8. The zero-order chi connectivity index (χ0) is 16.7. The Hall–Kier alpha value is -1.56. The number of thiazole rings is 1. The summed E-state index contributed by atoms with van der Waals surface area (Å²) in [6, 6.07) is 4.95. The fourth-order valence-electron chi connectivity index (χ4n) is 2.28. The normalized spacial score (nSPS) is 31.2. The van der Waals surface area contributed by atoms with Gasteiger partial charge in [-0.15, -0.1) is 11.3 Å². The lowest BCUT2D eigenvalue weighted by atomic mass is 9.99. The summed E-state index contributed by atoms with van der Waals surface area (Å²) >= 11 is 6.37. The summed E-state index contributed by atoms with van der Waals surface area (Å²) in [5.74, 6) is -1.16. The van der Waals surface area contributed by atoms with Gasteiger partial charge in [-0.1, -0.05) is 0 Å². The molecule has 8 nitrogen and oxygen atoms in total. The number of aromatic nitrogens is 1. The lowest BCUT2D eigenvalue weighted by Gasteiger charge is -2.38. The van der Waals surface area contributed by atoms with Crippen LogP contribution in [0.15, 0.2) is 18.2 Å². The Morgan fingerprint density at radius 1 is 1.26 bits per heavy atom.